The van der Waals surface area contributed by atoms with Crippen LogP contribution in [0, 0.1) is 5.82 Å². The van der Waals surface area contributed by atoms with E-state index >= 15 is 0 Å². The van der Waals surface area contributed by atoms with E-state index in [2.05, 4.69) is 4.98 Å². The summed E-state index contributed by atoms with van der Waals surface area (Å²) in [5, 5.41) is 0. The number of ether oxygens (including phenoxy) is 1. The average Bonchev–Trinajstić information content (AvgIpc) is 3.03. The van der Waals surface area contributed by atoms with Crippen LogP contribution in [-0.2, 0) is 15.9 Å². The maximum atomic E-state index is 14.4. The molecule has 0 bridgehead atoms. The molecule has 0 atom stereocenters. The number of hydrogen-bond donors (Lipinski definition) is 0. The molecule has 1 fully saturated rings. The molecule has 7 heteroatoms. The third kappa shape index (κ3) is 3.47. The van der Waals surface area contributed by atoms with Gasteiger partial charge in [0.25, 0.3) is 0 Å². The van der Waals surface area contributed by atoms with Crippen molar-refractivity contribution in [1.82, 2.24) is 4.98 Å². The van der Waals surface area contributed by atoms with Gasteiger partial charge in [0.05, 0.1) is 17.4 Å². The van der Waals surface area contributed by atoms with Crippen LogP contribution >= 0.6 is 0 Å². The monoisotopic (exact) mass is 335 g/mol. The molecule has 2 heterocycles. The van der Waals surface area contributed by atoms with Crippen LogP contribution in [-0.4, -0.2) is 23.3 Å². The number of benzene rings is 1. The van der Waals surface area contributed by atoms with Gasteiger partial charge in [0.15, 0.2) is 12.2 Å². The molecule has 3 rings (SSSR count). The zero-order valence-electron chi connectivity index (χ0n) is 13.6. The molecular weight excluding hydrogens is 312 g/mol. The maximum Gasteiger partial charge on any atom is 0.497 e. The lowest BCUT2D eigenvalue weighted by Gasteiger charge is -2.32. The Balaban J connectivity index is 0.00000208. The molecule has 1 aliphatic rings. The topological polar surface area (TPSA) is 53.7 Å². The fourth-order valence-corrected chi connectivity index (χ4v) is 2.23. The average molecular weight is 335 g/mol. The van der Waals surface area contributed by atoms with Gasteiger partial charge in [-0.2, -0.15) is 0 Å². The van der Waals surface area contributed by atoms with Gasteiger partial charge < -0.3 is 18.5 Å². The van der Waals surface area contributed by atoms with E-state index in [1.165, 1.54) is 12.5 Å². The molecule has 1 saturated heterocycles. The van der Waals surface area contributed by atoms with Gasteiger partial charge in [-0.25, -0.2) is 9.37 Å². The van der Waals surface area contributed by atoms with Gasteiger partial charge in [0, 0.05) is 11.5 Å². The predicted molar refractivity (Wildman–Crippen MR) is 89.7 cm³/mol. The Morgan fingerprint density at radius 2 is 1.83 bits per heavy atom. The number of rotatable bonds is 4. The smallest absolute Gasteiger partial charge is 0.485 e. The lowest BCUT2D eigenvalue weighted by Crippen LogP contribution is -2.41. The summed E-state index contributed by atoms with van der Waals surface area (Å²) in [6.45, 7) is 7.91. The Morgan fingerprint density at radius 3 is 2.38 bits per heavy atom. The number of halogens is 1. The molecule has 5 nitrogen and oxygen atoms in total. The van der Waals surface area contributed by atoms with Crippen molar-refractivity contribution in [2.45, 2.75) is 52.9 Å². The SMILES string of the molecule is C.CC1(C)OB(c2ccc(OCc3cnco3)cc2F)OC1(C)C. The summed E-state index contributed by atoms with van der Waals surface area (Å²) in [6.07, 6.45) is 2.87. The van der Waals surface area contributed by atoms with Crippen molar-refractivity contribution < 1.29 is 22.9 Å². The summed E-state index contributed by atoms with van der Waals surface area (Å²) < 4.78 is 36.7. The highest BCUT2D eigenvalue weighted by atomic mass is 19.1. The minimum absolute atomic E-state index is 0. The van der Waals surface area contributed by atoms with Crippen molar-refractivity contribution in [3.8, 4) is 5.75 Å². The quantitative estimate of drug-likeness (QED) is 0.802. The van der Waals surface area contributed by atoms with E-state index in [1.54, 1.807) is 18.3 Å². The zero-order valence-corrected chi connectivity index (χ0v) is 13.6. The van der Waals surface area contributed by atoms with E-state index in [4.69, 9.17) is 18.5 Å². The molecular formula is C17H23BFNO4. The summed E-state index contributed by atoms with van der Waals surface area (Å²) in [5.74, 6) is 0.540. The minimum Gasteiger partial charge on any atom is -0.485 e. The summed E-state index contributed by atoms with van der Waals surface area (Å²) in [4.78, 5) is 3.79. The van der Waals surface area contributed by atoms with Crippen molar-refractivity contribution in [2.24, 2.45) is 0 Å². The molecule has 0 N–H and O–H groups in total. The van der Waals surface area contributed by atoms with Gasteiger partial charge in [-0.05, 0) is 33.8 Å². The molecule has 1 aromatic carbocycles. The fraction of sp³-hybridized carbons (Fsp3) is 0.471. The first-order valence-corrected chi connectivity index (χ1v) is 7.44. The molecule has 0 aliphatic carbocycles. The van der Waals surface area contributed by atoms with E-state index in [-0.39, 0.29) is 14.0 Å². The van der Waals surface area contributed by atoms with Crippen molar-refractivity contribution in [3.63, 3.8) is 0 Å². The van der Waals surface area contributed by atoms with Crippen LogP contribution in [0.1, 0.15) is 40.9 Å². The second kappa shape index (κ2) is 6.57. The van der Waals surface area contributed by atoms with Crippen molar-refractivity contribution in [1.29, 1.82) is 0 Å². The zero-order chi connectivity index (χ0) is 16.7. The fourth-order valence-electron chi connectivity index (χ4n) is 2.23. The lowest BCUT2D eigenvalue weighted by molar-refractivity contribution is 0.00578. The Hall–Kier alpha value is -1.86. The van der Waals surface area contributed by atoms with Crippen molar-refractivity contribution in [2.75, 3.05) is 0 Å². The molecule has 0 saturated carbocycles. The van der Waals surface area contributed by atoms with Gasteiger partial charge in [0.1, 0.15) is 18.2 Å². The summed E-state index contributed by atoms with van der Waals surface area (Å²) >= 11 is 0. The van der Waals surface area contributed by atoms with Crippen molar-refractivity contribution >= 4 is 12.6 Å². The highest BCUT2D eigenvalue weighted by Gasteiger charge is 2.52. The molecule has 24 heavy (non-hydrogen) atoms. The molecule has 0 radical (unpaired) electrons. The van der Waals surface area contributed by atoms with Crippen LogP contribution in [0.25, 0.3) is 0 Å². The number of nitrogens with zero attached hydrogens (tertiary/aromatic N) is 1. The number of hydrogen-bond acceptors (Lipinski definition) is 5. The Morgan fingerprint density at radius 1 is 1.17 bits per heavy atom. The molecule has 2 aromatic rings. The largest absolute Gasteiger partial charge is 0.497 e. The first-order chi connectivity index (χ1) is 10.8. The number of aromatic nitrogens is 1. The van der Waals surface area contributed by atoms with E-state index in [9.17, 15) is 4.39 Å². The van der Waals surface area contributed by atoms with Crippen LogP contribution in [0.2, 0.25) is 0 Å². The van der Waals surface area contributed by atoms with Crippen LogP contribution in [0.3, 0.4) is 0 Å². The molecule has 1 aromatic heterocycles. The van der Waals surface area contributed by atoms with E-state index in [0.29, 0.717) is 17.0 Å². The van der Waals surface area contributed by atoms with Gasteiger partial charge in [-0.15, -0.1) is 0 Å². The van der Waals surface area contributed by atoms with Crippen LogP contribution in [0.4, 0.5) is 4.39 Å². The van der Waals surface area contributed by atoms with Gasteiger partial charge >= 0.3 is 7.12 Å². The van der Waals surface area contributed by atoms with Gasteiger partial charge in [-0.1, -0.05) is 13.5 Å². The maximum absolute atomic E-state index is 14.4. The first-order valence-electron chi connectivity index (χ1n) is 7.44. The van der Waals surface area contributed by atoms with Crippen LogP contribution < -0.4 is 10.2 Å². The van der Waals surface area contributed by atoms with Crippen LogP contribution in [0.15, 0.2) is 35.2 Å². The van der Waals surface area contributed by atoms with E-state index < -0.39 is 24.1 Å². The first kappa shape index (κ1) is 18.5. The molecule has 130 valence electrons. The van der Waals surface area contributed by atoms with E-state index in [1.807, 2.05) is 27.7 Å². The second-order valence-electron chi connectivity index (χ2n) is 6.53. The molecule has 1 aliphatic heterocycles. The third-order valence-electron chi connectivity index (χ3n) is 4.34. The molecule has 0 spiro atoms. The summed E-state index contributed by atoms with van der Waals surface area (Å²) in [5.41, 5.74) is -0.660. The van der Waals surface area contributed by atoms with Gasteiger partial charge in [0.2, 0.25) is 0 Å². The highest BCUT2D eigenvalue weighted by Crippen LogP contribution is 2.36. The highest BCUT2D eigenvalue weighted by molar-refractivity contribution is 6.62. The van der Waals surface area contributed by atoms with E-state index in [0.717, 1.165) is 0 Å². The minimum atomic E-state index is -0.733. The number of oxazole rings is 1. The Bertz CT molecular complexity index is 672. The van der Waals surface area contributed by atoms with Gasteiger partial charge in [-0.3, -0.25) is 0 Å². The summed E-state index contributed by atoms with van der Waals surface area (Å²) in [7, 11) is -0.733. The Kier molecular flexibility index (Phi) is 5.06. The molecule has 0 amide bonds. The Labute approximate surface area is 142 Å². The third-order valence-corrected chi connectivity index (χ3v) is 4.34. The predicted octanol–water partition coefficient (Wildman–Crippen LogP) is 3.33. The molecule has 0 unspecified atom stereocenters. The summed E-state index contributed by atoms with van der Waals surface area (Å²) in [6, 6.07) is 4.61. The second-order valence-corrected chi connectivity index (χ2v) is 6.53. The normalized spacial score (nSPS) is 18.3. The van der Waals surface area contributed by atoms with Crippen molar-refractivity contribution in [3.05, 3.63) is 42.4 Å². The lowest BCUT2D eigenvalue weighted by atomic mass is 9.78. The van der Waals surface area contributed by atoms with Crippen LogP contribution in [0.5, 0.6) is 5.75 Å². The standard InChI is InChI=1S/C16H19BFNO4.CH4/c1-15(2)16(3,4)23-17(22-15)13-6-5-11(7-14(13)18)20-9-12-8-19-10-21-12;/h5-8,10H,9H2,1-4H3;1H4.